The molecular formula is C17H30F3NO5SSi. The molecule has 0 saturated carbocycles. The number of alkyl halides is 3. The Morgan fingerprint density at radius 2 is 1.68 bits per heavy atom. The molecular weight excluding hydrogens is 415 g/mol. The number of ether oxygens (including phenoxy) is 1. The highest BCUT2D eigenvalue weighted by molar-refractivity contribution is 7.96. The zero-order valence-corrected chi connectivity index (χ0v) is 19.6. The number of carbonyl (C=O) groups is 1. The molecule has 1 aliphatic rings. The lowest BCUT2D eigenvalue weighted by Crippen LogP contribution is -2.59. The Hall–Kier alpha value is -1.07. The van der Waals surface area contributed by atoms with Crippen molar-refractivity contribution in [1.82, 2.24) is 4.90 Å². The second kappa shape index (κ2) is 7.64. The fraction of sp³-hybridized carbons (Fsp3) is 0.824. The molecule has 1 atom stereocenters. The Balaban J connectivity index is 3.60. The van der Waals surface area contributed by atoms with Crippen molar-refractivity contribution in [2.45, 2.75) is 71.3 Å². The largest absolute Gasteiger partial charge is 0.501 e. The van der Waals surface area contributed by atoms with Crippen molar-refractivity contribution < 1.29 is 35.5 Å². The van der Waals surface area contributed by atoms with E-state index in [9.17, 15) is 26.4 Å². The molecule has 1 rings (SSSR count). The number of carbonyl (C=O) groups excluding carboxylic acids is 1. The summed E-state index contributed by atoms with van der Waals surface area (Å²) in [5.74, 6) is 0. The maximum Gasteiger partial charge on any atom is 0.501 e. The minimum absolute atomic E-state index is 0.115. The summed E-state index contributed by atoms with van der Waals surface area (Å²) in [6.45, 7) is 12.9. The molecule has 0 aromatic carbocycles. The van der Waals surface area contributed by atoms with Crippen molar-refractivity contribution in [2.75, 3.05) is 13.2 Å². The Bertz CT molecular complexity index is 735. The number of nitrogens with zero attached hydrogens (tertiary/aromatic N) is 1. The van der Waals surface area contributed by atoms with Gasteiger partial charge in [0.1, 0.15) is 5.60 Å². The van der Waals surface area contributed by atoms with Crippen molar-refractivity contribution in [2.24, 2.45) is 5.41 Å². The quantitative estimate of drug-likeness (QED) is 0.615. The monoisotopic (exact) mass is 445 g/mol. The minimum Gasteiger partial charge on any atom is -0.444 e. The molecule has 1 heterocycles. The van der Waals surface area contributed by atoms with Gasteiger partial charge in [-0.05, 0) is 45.4 Å². The average Bonchev–Trinajstić information content (AvgIpc) is 2.83. The van der Waals surface area contributed by atoms with E-state index in [1.807, 2.05) is 13.1 Å². The van der Waals surface area contributed by atoms with Gasteiger partial charge in [-0.1, -0.05) is 20.8 Å². The third-order valence-electron chi connectivity index (χ3n) is 4.39. The Labute approximate surface area is 166 Å². The molecule has 0 spiro atoms. The van der Waals surface area contributed by atoms with Crippen LogP contribution in [0.3, 0.4) is 0 Å². The number of halogens is 3. The molecule has 0 unspecified atom stereocenters. The molecule has 0 aromatic rings. The molecule has 0 radical (unpaired) electrons. The molecule has 164 valence electrons. The van der Waals surface area contributed by atoms with Gasteiger partial charge in [-0.25, -0.2) is 13.2 Å². The van der Waals surface area contributed by atoms with Gasteiger partial charge in [0, 0.05) is 0 Å². The van der Waals surface area contributed by atoms with Gasteiger partial charge in [0.05, 0.1) is 23.6 Å². The van der Waals surface area contributed by atoms with E-state index in [1.165, 1.54) is 0 Å². The zero-order valence-electron chi connectivity index (χ0n) is 17.6. The Kier molecular flexibility index (Phi) is 6.81. The fourth-order valence-electron chi connectivity index (χ4n) is 2.79. The molecule has 0 saturated heterocycles. The minimum atomic E-state index is -5.59. The normalized spacial score (nSPS) is 21.9. The van der Waals surface area contributed by atoms with Gasteiger partial charge in [0.15, 0.2) is 9.04 Å². The first-order valence-corrected chi connectivity index (χ1v) is 13.2. The van der Waals surface area contributed by atoms with Gasteiger partial charge in [-0.3, -0.25) is 4.90 Å². The first kappa shape index (κ1) is 25.0. The van der Waals surface area contributed by atoms with E-state index in [-0.39, 0.29) is 6.61 Å². The number of amides is 1. The van der Waals surface area contributed by atoms with E-state index in [4.69, 9.17) is 9.16 Å². The highest BCUT2D eigenvalue weighted by Gasteiger charge is 2.58. The van der Waals surface area contributed by atoms with Crippen LogP contribution in [-0.4, -0.2) is 58.3 Å². The van der Waals surface area contributed by atoms with Gasteiger partial charge in [-0.15, -0.1) is 0 Å². The molecule has 0 aromatic heterocycles. The Morgan fingerprint density at radius 1 is 1.18 bits per heavy atom. The predicted octanol–water partition coefficient (Wildman–Crippen LogP) is 3.84. The van der Waals surface area contributed by atoms with Crippen LogP contribution in [0.25, 0.3) is 0 Å². The van der Waals surface area contributed by atoms with Crippen LogP contribution in [0.5, 0.6) is 0 Å². The summed E-state index contributed by atoms with van der Waals surface area (Å²) in [5.41, 5.74) is -8.59. The van der Waals surface area contributed by atoms with Gasteiger partial charge < -0.3 is 9.16 Å². The maximum atomic E-state index is 13.2. The summed E-state index contributed by atoms with van der Waals surface area (Å²) in [5, 5.41) is 0. The van der Waals surface area contributed by atoms with E-state index >= 15 is 0 Å². The van der Waals surface area contributed by atoms with Crippen LogP contribution in [0.1, 0.15) is 41.5 Å². The third kappa shape index (κ3) is 5.09. The molecule has 0 N–H and O–H groups in total. The van der Waals surface area contributed by atoms with Crippen molar-refractivity contribution in [3.63, 3.8) is 0 Å². The van der Waals surface area contributed by atoms with E-state index in [0.29, 0.717) is 0 Å². The smallest absolute Gasteiger partial charge is 0.444 e. The first-order valence-electron chi connectivity index (χ1n) is 8.90. The van der Waals surface area contributed by atoms with Gasteiger partial charge in [0.2, 0.25) is 0 Å². The molecule has 6 nitrogen and oxygen atoms in total. The summed E-state index contributed by atoms with van der Waals surface area (Å²) < 4.78 is 74.7. The molecule has 1 amide bonds. The average molecular weight is 446 g/mol. The van der Waals surface area contributed by atoms with E-state index < -0.39 is 58.5 Å². The molecule has 0 aliphatic carbocycles. The number of hydrogen-bond acceptors (Lipinski definition) is 5. The van der Waals surface area contributed by atoms with E-state index in [0.717, 1.165) is 11.0 Å². The van der Waals surface area contributed by atoms with Crippen LogP contribution >= 0.6 is 0 Å². The number of rotatable bonds is 4. The van der Waals surface area contributed by atoms with Crippen LogP contribution in [0.2, 0.25) is 13.1 Å². The van der Waals surface area contributed by atoms with Gasteiger partial charge in [0.25, 0.3) is 9.84 Å². The third-order valence-corrected chi connectivity index (χ3v) is 6.77. The second-order valence-corrected chi connectivity index (χ2v) is 13.6. The molecule has 0 fully saturated rings. The van der Waals surface area contributed by atoms with Crippen LogP contribution < -0.4 is 0 Å². The molecule has 1 aliphatic heterocycles. The summed E-state index contributed by atoms with van der Waals surface area (Å²) in [6, 6.07) is 0. The van der Waals surface area contributed by atoms with Crippen LogP contribution in [0.15, 0.2) is 11.0 Å². The topological polar surface area (TPSA) is 72.9 Å². The van der Waals surface area contributed by atoms with Gasteiger partial charge >= 0.3 is 11.6 Å². The fourth-order valence-corrected chi connectivity index (χ4v) is 4.33. The first-order chi connectivity index (χ1) is 12.2. The molecule has 11 heteroatoms. The predicted molar refractivity (Wildman–Crippen MR) is 103 cm³/mol. The number of sulfone groups is 1. The summed E-state index contributed by atoms with van der Waals surface area (Å²) in [6.07, 6.45) is 0.136. The lowest BCUT2D eigenvalue weighted by Gasteiger charge is -2.47. The highest BCUT2D eigenvalue weighted by atomic mass is 32.2. The highest BCUT2D eigenvalue weighted by Crippen LogP contribution is 2.46. The zero-order chi connectivity index (χ0) is 22.3. The standard InChI is InChI=1S/C17H30F3NO5SSi/c1-14(2,3)16(11-25-28(7)8)9-12(27(23,24)17(18,19)20)10-21(16)13(22)26-15(4,5)6/h9,28H,10-11H2,1-8H3/t16-/m1/s1. The van der Waals surface area contributed by atoms with Crippen LogP contribution in [-0.2, 0) is 19.0 Å². The molecule has 0 bridgehead atoms. The lowest BCUT2D eigenvalue weighted by atomic mass is 9.74. The SMILES string of the molecule is C[SiH](C)OC[C@@]1(C(C)(C)C)C=C(S(=O)(=O)C(F)(F)F)CN1C(=O)OC(C)(C)C. The van der Waals surface area contributed by atoms with Crippen molar-refractivity contribution in [1.29, 1.82) is 0 Å². The van der Waals surface area contributed by atoms with Crippen molar-refractivity contribution in [3.8, 4) is 0 Å². The number of hydrogen-bond donors (Lipinski definition) is 0. The van der Waals surface area contributed by atoms with E-state index in [1.54, 1.807) is 41.5 Å². The van der Waals surface area contributed by atoms with Crippen LogP contribution in [0, 0.1) is 5.41 Å². The lowest BCUT2D eigenvalue weighted by molar-refractivity contribution is -0.0430. The van der Waals surface area contributed by atoms with Gasteiger partial charge in [-0.2, -0.15) is 13.2 Å². The van der Waals surface area contributed by atoms with Crippen LogP contribution in [0.4, 0.5) is 18.0 Å². The molecule has 28 heavy (non-hydrogen) atoms. The van der Waals surface area contributed by atoms with Crippen molar-refractivity contribution in [3.05, 3.63) is 11.0 Å². The second-order valence-electron chi connectivity index (χ2n) is 9.16. The maximum absolute atomic E-state index is 13.2. The van der Waals surface area contributed by atoms with Crippen molar-refractivity contribution >= 4 is 25.0 Å². The Morgan fingerprint density at radius 3 is 2.04 bits per heavy atom. The summed E-state index contributed by atoms with van der Waals surface area (Å²) in [4.78, 5) is 13.0. The summed E-state index contributed by atoms with van der Waals surface area (Å²) >= 11 is 0. The summed E-state index contributed by atoms with van der Waals surface area (Å²) in [7, 11) is -7.21. The van der Waals surface area contributed by atoms with E-state index in [2.05, 4.69) is 0 Å².